The number of aromatic nitrogens is 2. The van der Waals surface area contributed by atoms with E-state index in [2.05, 4.69) is 46.8 Å². The molecular formula is C29H26ClN3O3. The van der Waals surface area contributed by atoms with Crippen LogP contribution >= 0.6 is 11.6 Å². The zero-order valence-electron chi connectivity index (χ0n) is 19.7. The van der Waals surface area contributed by atoms with Gasteiger partial charge in [0, 0.05) is 11.4 Å². The van der Waals surface area contributed by atoms with Gasteiger partial charge in [-0.1, -0.05) is 66.2 Å². The molecule has 4 aromatic rings. The van der Waals surface area contributed by atoms with Crippen LogP contribution in [0.15, 0.2) is 72.9 Å². The smallest absolute Gasteiger partial charge is 0.306 e. The van der Waals surface area contributed by atoms with Crippen LogP contribution in [0.4, 0.5) is 0 Å². The molecule has 2 fully saturated rings. The first-order valence-electron chi connectivity index (χ1n) is 12.2. The van der Waals surface area contributed by atoms with E-state index < -0.39 is 5.97 Å². The highest BCUT2D eigenvalue weighted by Gasteiger charge is 2.55. The minimum Gasteiger partial charge on any atom is -0.481 e. The topological polar surface area (TPSA) is 84.2 Å². The molecule has 3 aromatic carbocycles. The second-order valence-electron chi connectivity index (χ2n) is 10.2. The minimum atomic E-state index is -0.709. The van der Waals surface area contributed by atoms with Gasteiger partial charge in [-0.2, -0.15) is 5.10 Å². The normalized spacial score (nSPS) is 22.7. The van der Waals surface area contributed by atoms with E-state index in [-0.39, 0.29) is 23.3 Å². The van der Waals surface area contributed by atoms with Gasteiger partial charge in [-0.25, -0.2) is 0 Å². The number of rotatable bonds is 6. The van der Waals surface area contributed by atoms with Gasteiger partial charge in [0.05, 0.1) is 34.8 Å². The van der Waals surface area contributed by atoms with Crippen molar-refractivity contribution in [2.45, 2.75) is 38.3 Å². The van der Waals surface area contributed by atoms with Gasteiger partial charge in [-0.15, -0.1) is 0 Å². The first-order valence-corrected chi connectivity index (χ1v) is 12.6. The maximum absolute atomic E-state index is 13.3. The number of hydrogen-bond acceptors (Lipinski definition) is 3. The number of nitrogens with one attached hydrogen (secondary N) is 1. The van der Waals surface area contributed by atoms with Crippen molar-refractivity contribution in [2.24, 2.45) is 11.3 Å². The summed E-state index contributed by atoms with van der Waals surface area (Å²) in [5.41, 5.74) is 4.75. The maximum Gasteiger partial charge on any atom is 0.306 e. The van der Waals surface area contributed by atoms with Crippen molar-refractivity contribution in [3.63, 3.8) is 0 Å². The number of nitrogens with zero attached hydrogens (tertiary/aromatic N) is 2. The van der Waals surface area contributed by atoms with Crippen molar-refractivity contribution in [3.8, 4) is 11.1 Å². The van der Waals surface area contributed by atoms with Gasteiger partial charge >= 0.3 is 5.97 Å². The molecule has 7 heteroatoms. The average molecular weight is 500 g/mol. The fourth-order valence-electron chi connectivity index (χ4n) is 5.92. The van der Waals surface area contributed by atoms with E-state index in [0.29, 0.717) is 17.1 Å². The first-order chi connectivity index (χ1) is 17.4. The number of carbonyl (C=O) groups excluding carboxylic acids is 1. The van der Waals surface area contributed by atoms with Crippen molar-refractivity contribution in [1.82, 2.24) is 15.1 Å². The molecule has 0 bridgehead atoms. The molecule has 0 unspecified atom stereocenters. The SMILES string of the molecule is O=C(NC1CC2(C1)CC(C(=O)O)C2)c1ccc(Cl)c2cnn(Cc3ccc(-c4ccccc4)cc3)c12. The molecule has 36 heavy (non-hydrogen) atoms. The molecule has 1 amide bonds. The second-order valence-corrected chi connectivity index (χ2v) is 10.7. The van der Waals surface area contributed by atoms with Crippen molar-refractivity contribution in [1.29, 1.82) is 0 Å². The molecular weight excluding hydrogens is 474 g/mol. The summed E-state index contributed by atoms with van der Waals surface area (Å²) in [6.45, 7) is 0.516. The number of carbonyl (C=O) groups is 2. The van der Waals surface area contributed by atoms with Crippen molar-refractivity contribution in [2.75, 3.05) is 0 Å². The Balaban J connectivity index is 1.19. The summed E-state index contributed by atoms with van der Waals surface area (Å²) in [4.78, 5) is 24.4. The molecule has 182 valence electrons. The molecule has 1 heterocycles. The average Bonchev–Trinajstić information content (AvgIpc) is 3.25. The summed E-state index contributed by atoms with van der Waals surface area (Å²) in [5, 5.41) is 18.2. The van der Waals surface area contributed by atoms with E-state index in [9.17, 15) is 9.59 Å². The Labute approximate surface area is 213 Å². The lowest BCUT2D eigenvalue weighted by Crippen LogP contribution is -2.57. The number of hydrogen-bond donors (Lipinski definition) is 2. The minimum absolute atomic E-state index is 0.0693. The van der Waals surface area contributed by atoms with Gasteiger partial charge in [-0.3, -0.25) is 14.3 Å². The highest BCUT2D eigenvalue weighted by Crippen LogP contribution is 2.58. The number of benzene rings is 3. The van der Waals surface area contributed by atoms with Crippen LogP contribution in [0.1, 0.15) is 41.6 Å². The van der Waals surface area contributed by atoms with Crippen LogP contribution in [-0.4, -0.2) is 32.8 Å². The molecule has 0 saturated heterocycles. The van der Waals surface area contributed by atoms with E-state index in [4.69, 9.17) is 16.7 Å². The predicted molar refractivity (Wildman–Crippen MR) is 139 cm³/mol. The van der Waals surface area contributed by atoms with Gasteiger partial charge in [-0.05, 0) is 59.9 Å². The number of amides is 1. The third-order valence-corrected chi connectivity index (χ3v) is 8.12. The molecule has 6 rings (SSSR count). The van der Waals surface area contributed by atoms with Crippen LogP contribution in [0, 0.1) is 11.3 Å². The largest absolute Gasteiger partial charge is 0.481 e. The molecule has 0 aliphatic heterocycles. The van der Waals surface area contributed by atoms with Crippen LogP contribution in [0.25, 0.3) is 22.0 Å². The molecule has 1 aromatic heterocycles. The Morgan fingerprint density at radius 2 is 1.67 bits per heavy atom. The Morgan fingerprint density at radius 3 is 2.36 bits per heavy atom. The Bertz CT molecular complexity index is 1450. The molecule has 0 atom stereocenters. The quantitative estimate of drug-likeness (QED) is 0.352. The van der Waals surface area contributed by atoms with Crippen LogP contribution in [0.2, 0.25) is 5.02 Å². The van der Waals surface area contributed by atoms with Gasteiger partial charge in [0.15, 0.2) is 0 Å². The highest BCUT2D eigenvalue weighted by atomic mass is 35.5. The first kappa shape index (κ1) is 22.8. The number of aliphatic carboxylic acids is 1. The summed E-state index contributed by atoms with van der Waals surface area (Å²) < 4.78 is 1.83. The zero-order valence-corrected chi connectivity index (χ0v) is 20.4. The monoisotopic (exact) mass is 499 g/mol. The van der Waals surface area contributed by atoms with Gasteiger partial charge in [0.2, 0.25) is 0 Å². The Morgan fingerprint density at radius 1 is 0.972 bits per heavy atom. The Hall–Kier alpha value is -3.64. The van der Waals surface area contributed by atoms with Gasteiger partial charge < -0.3 is 10.4 Å². The van der Waals surface area contributed by atoms with E-state index in [1.165, 1.54) is 0 Å². The van der Waals surface area contributed by atoms with E-state index >= 15 is 0 Å². The van der Waals surface area contributed by atoms with Crippen LogP contribution in [-0.2, 0) is 11.3 Å². The van der Waals surface area contributed by atoms with Gasteiger partial charge in [0.25, 0.3) is 5.91 Å². The molecule has 2 aliphatic carbocycles. The third kappa shape index (κ3) is 4.05. The van der Waals surface area contributed by atoms with Crippen LogP contribution in [0.3, 0.4) is 0 Å². The number of carboxylic acid groups (broad SMARTS) is 1. The highest BCUT2D eigenvalue weighted by molar-refractivity contribution is 6.36. The fraction of sp³-hybridized carbons (Fsp3) is 0.276. The lowest BCUT2D eigenvalue weighted by atomic mass is 9.50. The summed E-state index contributed by atoms with van der Waals surface area (Å²) in [6, 6.07) is 22.1. The van der Waals surface area contributed by atoms with Crippen LogP contribution in [0.5, 0.6) is 0 Å². The van der Waals surface area contributed by atoms with E-state index in [1.807, 2.05) is 22.9 Å². The Kier molecular flexibility index (Phi) is 5.56. The zero-order chi connectivity index (χ0) is 24.9. The number of halogens is 1. The molecule has 6 nitrogen and oxygen atoms in total. The lowest BCUT2D eigenvalue weighted by Gasteiger charge is -2.56. The summed E-state index contributed by atoms with van der Waals surface area (Å²) in [6.07, 6.45) is 4.83. The number of carboxylic acids is 1. The van der Waals surface area contributed by atoms with Gasteiger partial charge in [0.1, 0.15) is 0 Å². The van der Waals surface area contributed by atoms with Crippen molar-refractivity contribution < 1.29 is 14.7 Å². The summed E-state index contributed by atoms with van der Waals surface area (Å²) >= 11 is 6.45. The molecule has 2 aliphatic rings. The molecule has 0 radical (unpaired) electrons. The predicted octanol–water partition coefficient (Wildman–Crippen LogP) is 5.78. The standard InChI is InChI=1S/C29H26ClN3O3/c30-25-11-10-23(27(34)32-22-14-29(15-22)12-21(13-29)28(35)36)26-24(25)16-31-33(26)17-18-6-8-20(9-7-18)19-4-2-1-3-5-19/h1-11,16,21-22H,12-15,17H2,(H,32,34)(H,35,36). The van der Waals surface area contributed by atoms with Crippen LogP contribution < -0.4 is 5.32 Å². The second kappa shape index (κ2) is 8.79. The lowest BCUT2D eigenvalue weighted by molar-refractivity contribution is -0.155. The number of fused-ring (bicyclic) bond motifs is 1. The van der Waals surface area contributed by atoms with E-state index in [0.717, 1.165) is 53.3 Å². The third-order valence-electron chi connectivity index (χ3n) is 7.79. The molecule has 1 spiro atoms. The van der Waals surface area contributed by atoms with E-state index in [1.54, 1.807) is 18.3 Å². The summed E-state index contributed by atoms with van der Waals surface area (Å²) in [5.74, 6) is -1.08. The maximum atomic E-state index is 13.3. The summed E-state index contributed by atoms with van der Waals surface area (Å²) in [7, 11) is 0. The van der Waals surface area contributed by atoms with Crippen molar-refractivity contribution >= 4 is 34.4 Å². The molecule has 2 saturated carbocycles. The van der Waals surface area contributed by atoms with Crippen molar-refractivity contribution in [3.05, 3.63) is 89.1 Å². The molecule has 2 N–H and O–H groups in total. The fourth-order valence-corrected chi connectivity index (χ4v) is 6.12.